The molecular formula is C11H7BrClN3O. The maximum Gasteiger partial charge on any atom is 0.275 e. The van der Waals surface area contributed by atoms with Crippen molar-refractivity contribution >= 4 is 39.3 Å². The average molecular weight is 313 g/mol. The van der Waals surface area contributed by atoms with E-state index in [1.165, 1.54) is 6.20 Å². The second-order valence-electron chi connectivity index (χ2n) is 3.16. The number of rotatable bonds is 2. The van der Waals surface area contributed by atoms with Crippen molar-refractivity contribution < 1.29 is 4.79 Å². The minimum atomic E-state index is -0.318. The number of anilines is 1. The van der Waals surface area contributed by atoms with E-state index in [9.17, 15) is 4.79 Å². The van der Waals surface area contributed by atoms with Crippen molar-refractivity contribution in [1.29, 1.82) is 0 Å². The zero-order chi connectivity index (χ0) is 12.3. The van der Waals surface area contributed by atoms with Crippen LogP contribution in [0.15, 0.2) is 41.1 Å². The number of amides is 1. The van der Waals surface area contributed by atoms with Crippen molar-refractivity contribution in [3.63, 3.8) is 0 Å². The summed E-state index contributed by atoms with van der Waals surface area (Å²) in [6.45, 7) is 0. The Labute approximate surface area is 111 Å². The van der Waals surface area contributed by atoms with E-state index in [0.717, 1.165) is 0 Å². The smallest absolute Gasteiger partial charge is 0.275 e. The van der Waals surface area contributed by atoms with Crippen molar-refractivity contribution in [2.75, 3.05) is 5.32 Å². The topological polar surface area (TPSA) is 54.9 Å². The largest absolute Gasteiger partial charge is 0.305 e. The molecule has 0 spiro atoms. The molecule has 0 aliphatic rings. The van der Waals surface area contributed by atoms with Crippen LogP contribution in [0.2, 0.25) is 5.02 Å². The summed E-state index contributed by atoms with van der Waals surface area (Å²) >= 11 is 8.89. The van der Waals surface area contributed by atoms with Gasteiger partial charge in [-0.05, 0) is 40.2 Å². The third kappa shape index (κ3) is 3.25. The van der Waals surface area contributed by atoms with Crippen molar-refractivity contribution in [2.45, 2.75) is 0 Å². The van der Waals surface area contributed by atoms with Gasteiger partial charge in [-0.1, -0.05) is 17.7 Å². The van der Waals surface area contributed by atoms with Gasteiger partial charge in [0.15, 0.2) is 0 Å². The highest BCUT2D eigenvalue weighted by Gasteiger charge is 2.08. The molecule has 0 fully saturated rings. The summed E-state index contributed by atoms with van der Waals surface area (Å²) < 4.78 is 0.606. The van der Waals surface area contributed by atoms with E-state index < -0.39 is 0 Å². The van der Waals surface area contributed by atoms with Crippen LogP contribution in [-0.4, -0.2) is 15.9 Å². The minimum absolute atomic E-state index is 0.316. The number of pyridine rings is 2. The normalized spacial score (nSPS) is 10.0. The number of nitrogens with zero attached hydrogens (tertiary/aromatic N) is 2. The molecule has 17 heavy (non-hydrogen) atoms. The minimum Gasteiger partial charge on any atom is -0.305 e. The van der Waals surface area contributed by atoms with Crippen LogP contribution in [0.5, 0.6) is 0 Å². The van der Waals surface area contributed by atoms with E-state index in [4.69, 9.17) is 11.6 Å². The fraction of sp³-hybridized carbons (Fsp3) is 0. The summed E-state index contributed by atoms with van der Waals surface area (Å²) in [6, 6.07) is 8.38. The van der Waals surface area contributed by atoms with Crippen LogP contribution in [0.25, 0.3) is 0 Å². The van der Waals surface area contributed by atoms with Gasteiger partial charge in [0, 0.05) is 6.20 Å². The van der Waals surface area contributed by atoms with Gasteiger partial charge in [0.2, 0.25) is 0 Å². The number of carbonyl (C=O) groups is 1. The molecule has 86 valence electrons. The van der Waals surface area contributed by atoms with E-state index in [-0.39, 0.29) is 5.91 Å². The van der Waals surface area contributed by atoms with Gasteiger partial charge in [0.1, 0.15) is 16.1 Å². The van der Waals surface area contributed by atoms with Crippen LogP contribution in [0.3, 0.4) is 0 Å². The van der Waals surface area contributed by atoms with Gasteiger partial charge in [-0.15, -0.1) is 0 Å². The Morgan fingerprint density at radius 2 is 2.12 bits per heavy atom. The second kappa shape index (κ2) is 5.25. The quantitative estimate of drug-likeness (QED) is 0.867. The first-order chi connectivity index (χ1) is 8.15. The van der Waals surface area contributed by atoms with Gasteiger partial charge in [-0.2, -0.15) is 0 Å². The van der Waals surface area contributed by atoms with Gasteiger partial charge in [0.05, 0.1) is 5.02 Å². The Balaban J connectivity index is 2.14. The van der Waals surface area contributed by atoms with E-state index in [2.05, 4.69) is 31.2 Å². The Kier molecular flexibility index (Phi) is 3.71. The predicted octanol–water partition coefficient (Wildman–Crippen LogP) is 3.14. The highest BCUT2D eigenvalue weighted by Crippen LogP contribution is 2.11. The molecule has 0 saturated heterocycles. The van der Waals surface area contributed by atoms with E-state index in [1.807, 2.05) is 0 Å². The van der Waals surface area contributed by atoms with E-state index in [1.54, 1.807) is 30.3 Å². The molecule has 1 N–H and O–H groups in total. The molecule has 0 radical (unpaired) electrons. The fourth-order valence-electron chi connectivity index (χ4n) is 1.16. The Hall–Kier alpha value is -1.46. The predicted molar refractivity (Wildman–Crippen MR) is 69.1 cm³/mol. The first-order valence-electron chi connectivity index (χ1n) is 4.70. The van der Waals surface area contributed by atoms with Crippen LogP contribution >= 0.6 is 27.5 Å². The molecule has 0 bridgehead atoms. The molecule has 6 heteroatoms. The maximum absolute atomic E-state index is 11.8. The lowest BCUT2D eigenvalue weighted by molar-refractivity contribution is 0.102. The SMILES string of the molecule is O=C(Nc1ccc(Cl)cn1)c1cccc(Br)n1. The summed E-state index contributed by atoms with van der Waals surface area (Å²) in [4.78, 5) is 19.8. The molecule has 4 nitrogen and oxygen atoms in total. The molecule has 2 heterocycles. The first-order valence-corrected chi connectivity index (χ1v) is 5.88. The zero-order valence-electron chi connectivity index (χ0n) is 8.52. The molecule has 0 unspecified atom stereocenters. The average Bonchev–Trinajstić information content (AvgIpc) is 2.32. The number of nitrogens with one attached hydrogen (secondary N) is 1. The van der Waals surface area contributed by atoms with E-state index in [0.29, 0.717) is 21.1 Å². The molecule has 2 rings (SSSR count). The lowest BCUT2D eigenvalue weighted by atomic mass is 10.3. The molecule has 0 aliphatic carbocycles. The monoisotopic (exact) mass is 311 g/mol. The molecule has 1 amide bonds. The zero-order valence-corrected chi connectivity index (χ0v) is 10.9. The Morgan fingerprint density at radius 3 is 2.76 bits per heavy atom. The van der Waals surface area contributed by atoms with Gasteiger partial charge >= 0.3 is 0 Å². The number of hydrogen-bond donors (Lipinski definition) is 1. The molecule has 2 aromatic rings. The summed E-state index contributed by atoms with van der Waals surface area (Å²) in [5.41, 5.74) is 0.316. The van der Waals surface area contributed by atoms with Gasteiger partial charge in [-0.25, -0.2) is 9.97 Å². The molecular weight excluding hydrogens is 305 g/mol. The molecule has 0 atom stereocenters. The van der Waals surface area contributed by atoms with Crippen molar-refractivity contribution in [2.24, 2.45) is 0 Å². The van der Waals surface area contributed by atoms with Crippen LogP contribution in [-0.2, 0) is 0 Å². The van der Waals surface area contributed by atoms with Crippen LogP contribution in [0.1, 0.15) is 10.5 Å². The summed E-state index contributed by atoms with van der Waals surface area (Å²) in [5.74, 6) is 0.113. The number of halogens is 2. The molecule has 2 aromatic heterocycles. The third-order valence-corrected chi connectivity index (χ3v) is 2.58. The highest BCUT2D eigenvalue weighted by molar-refractivity contribution is 9.10. The van der Waals surface area contributed by atoms with E-state index >= 15 is 0 Å². The van der Waals surface area contributed by atoms with Gasteiger partial charge < -0.3 is 5.32 Å². The fourth-order valence-corrected chi connectivity index (χ4v) is 1.62. The highest BCUT2D eigenvalue weighted by atomic mass is 79.9. The Bertz CT molecular complexity index is 545. The summed E-state index contributed by atoms with van der Waals surface area (Å²) in [7, 11) is 0. The van der Waals surface area contributed by atoms with Crippen molar-refractivity contribution in [3.05, 3.63) is 51.8 Å². The Morgan fingerprint density at radius 1 is 1.29 bits per heavy atom. The van der Waals surface area contributed by atoms with Crippen molar-refractivity contribution in [1.82, 2.24) is 9.97 Å². The van der Waals surface area contributed by atoms with Crippen LogP contribution in [0, 0.1) is 0 Å². The summed E-state index contributed by atoms with van der Waals surface area (Å²) in [5, 5.41) is 3.14. The lowest BCUT2D eigenvalue weighted by Gasteiger charge is -2.03. The summed E-state index contributed by atoms with van der Waals surface area (Å²) in [6.07, 6.45) is 1.46. The number of hydrogen-bond acceptors (Lipinski definition) is 3. The third-order valence-electron chi connectivity index (χ3n) is 1.92. The first kappa shape index (κ1) is 12.0. The van der Waals surface area contributed by atoms with Gasteiger partial charge in [0.25, 0.3) is 5.91 Å². The second-order valence-corrected chi connectivity index (χ2v) is 4.41. The van der Waals surface area contributed by atoms with Gasteiger partial charge in [-0.3, -0.25) is 4.79 Å². The number of carbonyl (C=O) groups excluding carboxylic acids is 1. The molecule has 0 saturated carbocycles. The lowest BCUT2D eigenvalue weighted by Crippen LogP contribution is -2.14. The number of aromatic nitrogens is 2. The molecule has 0 aromatic carbocycles. The molecule has 0 aliphatic heterocycles. The van der Waals surface area contributed by atoms with Crippen LogP contribution < -0.4 is 5.32 Å². The van der Waals surface area contributed by atoms with Crippen molar-refractivity contribution in [3.8, 4) is 0 Å². The maximum atomic E-state index is 11.8. The standard InChI is InChI=1S/C11H7BrClN3O/c12-9-3-1-2-8(15-9)11(17)16-10-5-4-7(13)6-14-10/h1-6H,(H,14,16,17). The van der Waals surface area contributed by atoms with Crippen LogP contribution in [0.4, 0.5) is 5.82 Å².